The lowest BCUT2D eigenvalue weighted by molar-refractivity contribution is 0.0607. The zero-order chi connectivity index (χ0) is 17.4. The summed E-state index contributed by atoms with van der Waals surface area (Å²) < 4.78 is 2.19. The highest BCUT2D eigenvalue weighted by molar-refractivity contribution is 5.96. The first kappa shape index (κ1) is 21.7. The van der Waals surface area contributed by atoms with Gasteiger partial charge >= 0.3 is 0 Å². The molecule has 4 heterocycles. The number of nitrogens with one attached hydrogen (secondary N) is 1. The molecule has 2 saturated heterocycles. The van der Waals surface area contributed by atoms with Crippen molar-refractivity contribution in [2.75, 3.05) is 13.1 Å². The molecule has 0 aliphatic carbocycles. The molecule has 2 aliphatic rings. The summed E-state index contributed by atoms with van der Waals surface area (Å²) in [5.41, 5.74) is 4.01. The van der Waals surface area contributed by atoms with E-state index < -0.39 is 0 Å². The number of hydrogen-bond donors (Lipinski definition) is 1. The summed E-state index contributed by atoms with van der Waals surface area (Å²) >= 11 is 0. The van der Waals surface area contributed by atoms with Crippen LogP contribution in [0.5, 0.6) is 0 Å². The van der Waals surface area contributed by atoms with Crippen LogP contribution >= 0.6 is 24.8 Å². The molecule has 1 amide bonds. The molecule has 1 N–H and O–H groups in total. The standard InChI is InChI=1S/C20H26N4O.2ClH/c1-14-10-19(15(2)24(14)13-16-6-3-4-9-21-16)20(25)23-11-17-7-5-8-18(12-23)22-17;;/h3-4,6,9-10,17-18,22H,5,7-8,11-13H2,1-2H3;2*1H. The van der Waals surface area contributed by atoms with E-state index >= 15 is 0 Å². The Morgan fingerprint density at radius 3 is 2.52 bits per heavy atom. The van der Waals surface area contributed by atoms with Crippen LogP contribution in [0.25, 0.3) is 0 Å². The van der Waals surface area contributed by atoms with Crippen molar-refractivity contribution in [1.82, 2.24) is 19.8 Å². The highest BCUT2D eigenvalue weighted by atomic mass is 35.5. The van der Waals surface area contributed by atoms with E-state index in [1.807, 2.05) is 37.4 Å². The molecule has 27 heavy (non-hydrogen) atoms. The number of carbonyl (C=O) groups excluding carboxylic acids is 1. The molecule has 2 aliphatic heterocycles. The number of halogens is 2. The summed E-state index contributed by atoms with van der Waals surface area (Å²) in [6.07, 6.45) is 5.45. The third kappa shape index (κ3) is 4.48. The van der Waals surface area contributed by atoms with Gasteiger partial charge in [-0.05, 0) is 44.9 Å². The first-order chi connectivity index (χ1) is 12.1. The lowest BCUT2D eigenvalue weighted by atomic mass is 9.94. The van der Waals surface area contributed by atoms with Crippen LogP contribution in [0.3, 0.4) is 0 Å². The molecule has 0 aromatic carbocycles. The number of carbonyl (C=O) groups is 1. The number of piperazine rings is 1. The van der Waals surface area contributed by atoms with Crippen molar-refractivity contribution in [1.29, 1.82) is 0 Å². The van der Waals surface area contributed by atoms with Crippen molar-refractivity contribution in [3.8, 4) is 0 Å². The number of piperidine rings is 1. The number of amides is 1. The molecule has 0 spiro atoms. The number of nitrogens with zero attached hydrogens (tertiary/aromatic N) is 3. The number of pyridine rings is 1. The van der Waals surface area contributed by atoms with Crippen molar-refractivity contribution in [2.45, 2.75) is 51.7 Å². The molecule has 148 valence electrons. The highest BCUT2D eigenvalue weighted by Gasteiger charge is 2.33. The molecule has 2 fully saturated rings. The molecule has 0 saturated carbocycles. The Morgan fingerprint density at radius 1 is 1.19 bits per heavy atom. The van der Waals surface area contributed by atoms with Gasteiger partial charge in [0, 0.05) is 42.8 Å². The SMILES string of the molecule is Cc1cc(C(=O)N2CC3CCCC(C2)N3)c(C)n1Cc1ccccn1.Cl.Cl. The molecular formula is C20H28Cl2N4O. The second-order valence-electron chi connectivity index (χ2n) is 7.39. The van der Waals surface area contributed by atoms with Gasteiger partial charge in [0.15, 0.2) is 0 Å². The van der Waals surface area contributed by atoms with Gasteiger partial charge in [0.1, 0.15) is 0 Å². The molecule has 2 atom stereocenters. The molecule has 7 heteroatoms. The van der Waals surface area contributed by atoms with Crippen LogP contribution in [0.1, 0.15) is 46.7 Å². The molecular weight excluding hydrogens is 383 g/mol. The Kier molecular flexibility index (Phi) is 7.32. The van der Waals surface area contributed by atoms with E-state index in [0.717, 1.165) is 35.7 Å². The largest absolute Gasteiger partial charge is 0.342 e. The number of aromatic nitrogens is 2. The van der Waals surface area contributed by atoms with E-state index in [0.29, 0.717) is 18.6 Å². The van der Waals surface area contributed by atoms with Crippen molar-refractivity contribution in [2.24, 2.45) is 0 Å². The van der Waals surface area contributed by atoms with Crippen molar-refractivity contribution in [3.63, 3.8) is 0 Å². The van der Waals surface area contributed by atoms with Gasteiger partial charge in [0.05, 0.1) is 17.8 Å². The van der Waals surface area contributed by atoms with Crippen LogP contribution in [-0.4, -0.2) is 45.5 Å². The molecule has 2 aromatic heterocycles. The lowest BCUT2D eigenvalue weighted by Crippen LogP contribution is -2.59. The minimum absolute atomic E-state index is 0. The van der Waals surface area contributed by atoms with Crippen LogP contribution in [-0.2, 0) is 6.54 Å². The number of hydrogen-bond acceptors (Lipinski definition) is 3. The molecule has 0 radical (unpaired) electrons. The van der Waals surface area contributed by atoms with Gasteiger partial charge in [0.2, 0.25) is 0 Å². The maximum atomic E-state index is 13.1. The molecule has 5 nitrogen and oxygen atoms in total. The number of rotatable bonds is 3. The van der Waals surface area contributed by atoms with E-state index in [1.54, 1.807) is 0 Å². The van der Waals surface area contributed by atoms with Crippen LogP contribution < -0.4 is 5.32 Å². The summed E-state index contributed by atoms with van der Waals surface area (Å²) in [4.78, 5) is 19.6. The van der Waals surface area contributed by atoms with Gasteiger partial charge in [-0.15, -0.1) is 24.8 Å². The quantitative estimate of drug-likeness (QED) is 0.843. The third-order valence-electron chi connectivity index (χ3n) is 5.60. The van der Waals surface area contributed by atoms with E-state index in [4.69, 9.17) is 0 Å². The predicted molar refractivity (Wildman–Crippen MR) is 112 cm³/mol. The molecule has 2 unspecified atom stereocenters. The van der Waals surface area contributed by atoms with Gasteiger partial charge in [-0.25, -0.2) is 0 Å². The van der Waals surface area contributed by atoms with Crippen LogP contribution in [0.4, 0.5) is 0 Å². The monoisotopic (exact) mass is 410 g/mol. The first-order valence-corrected chi connectivity index (χ1v) is 9.24. The second-order valence-corrected chi connectivity index (χ2v) is 7.39. The maximum absolute atomic E-state index is 13.1. The summed E-state index contributed by atoms with van der Waals surface area (Å²) in [6.45, 7) is 6.49. The molecule has 2 bridgehead atoms. The van der Waals surface area contributed by atoms with Gasteiger partial charge in [-0.3, -0.25) is 9.78 Å². The van der Waals surface area contributed by atoms with Crippen molar-refractivity contribution >= 4 is 30.7 Å². The Balaban J connectivity index is 0.00000131. The van der Waals surface area contributed by atoms with Gasteiger partial charge < -0.3 is 14.8 Å². The van der Waals surface area contributed by atoms with Crippen molar-refractivity contribution in [3.05, 3.63) is 53.1 Å². The molecule has 4 rings (SSSR count). The number of fused-ring (bicyclic) bond motifs is 2. The fraction of sp³-hybridized carbons (Fsp3) is 0.500. The lowest BCUT2D eigenvalue weighted by Gasteiger charge is -2.42. The second kappa shape index (κ2) is 9.09. The minimum atomic E-state index is 0. The van der Waals surface area contributed by atoms with E-state index in [-0.39, 0.29) is 30.7 Å². The van der Waals surface area contributed by atoms with Crippen LogP contribution in [0, 0.1) is 13.8 Å². The highest BCUT2D eigenvalue weighted by Crippen LogP contribution is 2.23. The summed E-state index contributed by atoms with van der Waals surface area (Å²) in [5.74, 6) is 0.179. The summed E-state index contributed by atoms with van der Waals surface area (Å²) in [5, 5.41) is 3.65. The maximum Gasteiger partial charge on any atom is 0.255 e. The van der Waals surface area contributed by atoms with Crippen LogP contribution in [0.15, 0.2) is 30.5 Å². The van der Waals surface area contributed by atoms with Crippen molar-refractivity contribution < 1.29 is 4.79 Å². The molecule has 2 aromatic rings. The van der Waals surface area contributed by atoms with Gasteiger partial charge in [0.25, 0.3) is 5.91 Å². The Bertz CT molecular complexity index is 766. The van der Waals surface area contributed by atoms with Gasteiger partial charge in [-0.1, -0.05) is 12.5 Å². The smallest absolute Gasteiger partial charge is 0.255 e. The average molecular weight is 411 g/mol. The minimum Gasteiger partial charge on any atom is -0.342 e. The zero-order valence-electron chi connectivity index (χ0n) is 15.9. The van der Waals surface area contributed by atoms with Crippen LogP contribution in [0.2, 0.25) is 0 Å². The predicted octanol–water partition coefficient (Wildman–Crippen LogP) is 3.36. The zero-order valence-corrected chi connectivity index (χ0v) is 17.5. The third-order valence-corrected chi connectivity index (χ3v) is 5.60. The Labute approximate surface area is 173 Å². The van der Waals surface area contributed by atoms with E-state index in [2.05, 4.69) is 26.7 Å². The normalized spacial score (nSPS) is 21.2. The summed E-state index contributed by atoms with van der Waals surface area (Å²) in [6, 6.07) is 8.93. The fourth-order valence-corrected chi connectivity index (χ4v) is 4.26. The Morgan fingerprint density at radius 2 is 1.89 bits per heavy atom. The summed E-state index contributed by atoms with van der Waals surface area (Å²) in [7, 11) is 0. The average Bonchev–Trinajstić information content (AvgIpc) is 2.90. The number of aryl methyl sites for hydroxylation is 1. The number of likely N-dealkylation sites (tertiary alicyclic amines) is 1. The van der Waals surface area contributed by atoms with Gasteiger partial charge in [-0.2, -0.15) is 0 Å². The van der Waals surface area contributed by atoms with E-state index in [9.17, 15) is 4.79 Å². The topological polar surface area (TPSA) is 50.2 Å². The van der Waals surface area contributed by atoms with E-state index in [1.165, 1.54) is 19.3 Å². The fourth-order valence-electron chi connectivity index (χ4n) is 4.26. The first-order valence-electron chi connectivity index (χ1n) is 9.24. The Hall–Kier alpha value is -1.56.